The molecule has 0 aliphatic carbocycles. The molecule has 0 amide bonds. The van der Waals surface area contributed by atoms with Gasteiger partial charge in [-0.2, -0.15) is 0 Å². The zero-order valence-electron chi connectivity index (χ0n) is 13.9. The van der Waals surface area contributed by atoms with Gasteiger partial charge in [-0.15, -0.1) is 24.0 Å². The van der Waals surface area contributed by atoms with Gasteiger partial charge in [-0.05, 0) is 31.0 Å². The third-order valence-corrected chi connectivity index (χ3v) is 4.22. The van der Waals surface area contributed by atoms with Crippen LogP contribution < -0.4 is 11.1 Å². The van der Waals surface area contributed by atoms with Crippen LogP contribution in [0.1, 0.15) is 25.7 Å². The number of guanidine groups is 1. The normalized spacial score (nSPS) is 15.7. The average molecular weight is 439 g/mol. The van der Waals surface area contributed by atoms with E-state index in [1.807, 2.05) is 24.3 Å². The molecule has 1 aromatic heterocycles. The summed E-state index contributed by atoms with van der Waals surface area (Å²) in [5, 5.41) is 4.47. The summed E-state index contributed by atoms with van der Waals surface area (Å²) in [7, 11) is 0. The van der Waals surface area contributed by atoms with Crippen molar-refractivity contribution < 1.29 is 0 Å². The molecule has 0 atom stereocenters. The second-order valence-electron chi connectivity index (χ2n) is 5.96. The van der Waals surface area contributed by atoms with Crippen molar-refractivity contribution in [2.24, 2.45) is 10.7 Å². The van der Waals surface area contributed by atoms with Crippen LogP contribution in [0.3, 0.4) is 0 Å². The van der Waals surface area contributed by atoms with E-state index < -0.39 is 0 Å². The number of nitrogens with zero attached hydrogens (tertiary/aromatic N) is 3. The number of aromatic nitrogens is 1. The Balaban J connectivity index is 0.00000208. The van der Waals surface area contributed by atoms with E-state index in [1.54, 1.807) is 0 Å². The molecule has 2 heterocycles. The number of nitrogens with two attached hydrogens (primary N) is 1. The van der Waals surface area contributed by atoms with Crippen molar-refractivity contribution in [1.29, 1.82) is 0 Å². The molecule has 3 N–H and O–H groups in total. The third-order valence-electron chi connectivity index (χ3n) is 4.22. The topological polar surface area (TPSA) is 66.5 Å². The Morgan fingerprint density at radius 1 is 1.08 bits per heavy atom. The fraction of sp³-hybridized carbons (Fsp3) is 0.444. The zero-order valence-corrected chi connectivity index (χ0v) is 16.3. The van der Waals surface area contributed by atoms with E-state index in [0.717, 1.165) is 36.4 Å². The predicted molar refractivity (Wildman–Crippen MR) is 112 cm³/mol. The summed E-state index contributed by atoms with van der Waals surface area (Å²) in [5.74, 6) is 1.56. The number of benzene rings is 1. The first kappa shape index (κ1) is 18.8. The maximum absolute atomic E-state index is 6.10. The van der Waals surface area contributed by atoms with Gasteiger partial charge in [0.1, 0.15) is 5.82 Å². The van der Waals surface area contributed by atoms with Crippen LogP contribution in [0.15, 0.2) is 41.4 Å². The Bertz CT molecular complexity index is 665. The van der Waals surface area contributed by atoms with Crippen LogP contribution in [-0.2, 0) is 0 Å². The van der Waals surface area contributed by atoms with Crippen molar-refractivity contribution in [2.75, 3.05) is 31.5 Å². The molecular weight excluding hydrogens is 413 g/mol. The number of aliphatic imine (C=N–C) groups is 1. The van der Waals surface area contributed by atoms with Crippen molar-refractivity contribution in [2.45, 2.75) is 25.7 Å². The van der Waals surface area contributed by atoms with Gasteiger partial charge in [-0.25, -0.2) is 4.98 Å². The highest BCUT2D eigenvalue weighted by molar-refractivity contribution is 14.0. The summed E-state index contributed by atoms with van der Waals surface area (Å²) in [5.41, 5.74) is 7.11. The van der Waals surface area contributed by atoms with Crippen LogP contribution in [0.25, 0.3) is 10.9 Å². The van der Waals surface area contributed by atoms with E-state index in [2.05, 4.69) is 32.3 Å². The lowest BCUT2D eigenvalue weighted by atomic mass is 10.2. The highest BCUT2D eigenvalue weighted by Gasteiger charge is 2.10. The number of pyridine rings is 1. The molecule has 0 radical (unpaired) electrons. The van der Waals surface area contributed by atoms with E-state index in [9.17, 15) is 0 Å². The van der Waals surface area contributed by atoms with Crippen molar-refractivity contribution >= 4 is 46.7 Å². The molecule has 1 aromatic carbocycles. The number of hydrogen-bond donors (Lipinski definition) is 2. The summed E-state index contributed by atoms with van der Waals surface area (Å²) in [4.78, 5) is 11.3. The fourth-order valence-corrected chi connectivity index (χ4v) is 2.92. The van der Waals surface area contributed by atoms with Gasteiger partial charge in [0.15, 0.2) is 5.96 Å². The number of halogens is 1. The lowest BCUT2D eigenvalue weighted by molar-refractivity contribution is 0.429. The highest BCUT2D eigenvalue weighted by Crippen LogP contribution is 2.14. The first-order valence-electron chi connectivity index (χ1n) is 8.47. The molecule has 0 spiro atoms. The minimum absolute atomic E-state index is 0. The number of anilines is 1. The van der Waals surface area contributed by atoms with Gasteiger partial charge in [0, 0.05) is 25.0 Å². The summed E-state index contributed by atoms with van der Waals surface area (Å²) < 4.78 is 0. The van der Waals surface area contributed by atoms with Gasteiger partial charge >= 0.3 is 0 Å². The van der Waals surface area contributed by atoms with Gasteiger partial charge in [-0.1, -0.05) is 31.0 Å². The first-order chi connectivity index (χ1) is 11.3. The Hall–Kier alpha value is -1.57. The fourth-order valence-electron chi connectivity index (χ4n) is 2.92. The molecule has 6 heteroatoms. The highest BCUT2D eigenvalue weighted by atomic mass is 127. The number of para-hydroxylation sites is 1. The van der Waals surface area contributed by atoms with E-state index in [1.165, 1.54) is 25.7 Å². The molecule has 24 heavy (non-hydrogen) atoms. The molecule has 1 saturated heterocycles. The SMILES string of the molecule is I.NC(=NCCNc1ccc2ccccc2n1)N1CCCCCC1. The minimum Gasteiger partial charge on any atom is -0.370 e. The second-order valence-corrected chi connectivity index (χ2v) is 5.96. The maximum Gasteiger partial charge on any atom is 0.191 e. The van der Waals surface area contributed by atoms with E-state index in [0.29, 0.717) is 12.5 Å². The van der Waals surface area contributed by atoms with Crippen LogP contribution in [0.5, 0.6) is 0 Å². The van der Waals surface area contributed by atoms with Crippen molar-refractivity contribution in [3.8, 4) is 0 Å². The first-order valence-corrected chi connectivity index (χ1v) is 8.47. The van der Waals surface area contributed by atoms with Gasteiger partial charge in [0.25, 0.3) is 0 Å². The molecule has 0 saturated carbocycles. The molecule has 1 aliphatic heterocycles. The molecule has 0 unspecified atom stereocenters. The minimum atomic E-state index is 0. The number of likely N-dealkylation sites (tertiary alicyclic amines) is 1. The van der Waals surface area contributed by atoms with Crippen LogP contribution >= 0.6 is 24.0 Å². The number of nitrogens with one attached hydrogen (secondary N) is 1. The van der Waals surface area contributed by atoms with Gasteiger partial charge < -0.3 is 16.0 Å². The smallest absolute Gasteiger partial charge is 0.191 e. The summed E-state index contributed by atoms with van der Waals surface area (Å²) in [6, 6.07) is 12.2. The Morgan fingerprint density at radius 2 is 1.83 bits per heavy atom. The lowest BCUT2D eigenvalue weighted by Crippen LogP contribution is -2.38. The van der Waals surface area contributed by atoms with Crippen molar-refractivity contribution in [3.63, 3.8) is 0 Å². The van der Waals surface area contributed by atoms with Crippen LogP contribution in [-0.4, -0.2) is 42.0 Å². The van der Waals surface area contributed by atoms with E-state index in [4.69, 9.17) is 5.73 Å². The van der Waals surface area contributed by atoms with E-state index >= 15 is 0 Å². The predicted octanol–water partition coefficient (Wildman–Crippen LogP) is 3.46. The summed E-state index contributed by atoms with van der Waals surface area (Å²) >= 11 is 0. The third kappa shape index (κ3) is 5.22. The van der Waals surface area contributed by atoms with Gasteiger partial charge in [-0.3, -0.25) is 4.99 Å². The molecule has 130 valence electrons. The molecular formula is C18H26IN5. The number of rotatable bonds is 4. The standard InChI is InChI=1S/C18H25N5.HI/c19-18(23-13-5-1-2-6-14-23)21-12-11-20-17-10-9-15-7-3-4-8-16(15)22-17;/h3-4,7-10H,1-2,5-6,11-14H2,(H2,19,21)(H,20,22);1H. The maximum atomic E-state index is 6.10. The van der Waals surface area contributed by atoms with E-state index in [-0.39, 0.29) is 24.0 Å². The van der Waals surface area contributed by atoms with Crippen LogP contribution in [0, 0.1) is 0 Å². The van der Waals surface area contributed by atoms with Crippen molar-refractivity contribution in [3.05, 3.63) is 36.4 Å². The molecule has 1 fully saturated rings. The zero-order chi connectivity index (χ0) is 15.9. The van der Waals surface area contributed by atoms with Gasteiger partial charge in [0.2, 0.25) is 0 Å². The summed E-state index contributed by atoms with van der Waals surface area (Å²) in [6.07, 6.45) is 5.04. The van der Waals surface area contributed by atoms with Crippen molar-refractivity contribution in [1.82, 2.24) is 9.88 Å². The Labute approximate surface area is 160 Å². The molecule has 5 nitrogen and oxygen atoms in total. The lowest BCUT2D eigenvalue weighted by Gasteiger charge is -2.21. The average Bonchev–Trinajstić information content (AvgIpc) is 2.88. The Kier molecular flexibility index (Phi) is 7.55. The van der Waals surface area contributed by atoms with Crippen LogP contribution in [0.2, 0.25) is 0 Å². The van der Waals surface area contributed by atoms with Crippen LogP contribution in [0.4, 0.5) is 5.82 Å². The molecule has 3 rings (SSSR count). The second kappa shape index (κ2) is 9.66. The molecule has 2 aromatic rings. The molecule has 0 bridgehead atoms. The quantitative estimate of drug-likeness (QED) is 0.332. The Morgan fingerprint density at radius 3 is 2.62 bits per heavy atom. The number of hydrogen-bond acceptors (Lipinski definition) is 3. The largest absolute Gasteiger partial charge is 0.370 e. The number of fused-ring (bicyclic) bond motifs is 1. The van der Waals surface area contributed by atoms with Gasteiger partial charge in [0.05, 0.1) is 12.1 Å². The monoisotopic (exact) mass is 439 g/mol. The summed E-state index contributed by atoms with van der Waals surface area (Å²) in [6.45, 7) is 3.47. The molecule has 1 aliphatic rings.